The SMILES string of the molecule is CC(CC(=O)O)c1cccc2c1ccn2CC1CCC1. The van der Waals surface area contributed by atoms with Crippen molar-refractivity contribution in [2.45, 2.75) is 45.1 Å². The molecule has 0 amide bonds. The van der Waals surface area contributed by atoms with Gasteiger partial charge in [0.25, 0.3) is 0 Å². The Hall–Kier alpha value is -1.77. The highest BCUT2D eigenvalue weighted by Crippen LogP contribution is 2.32. The quantitative estimate of drug-likeness (QED) is 0.892. The average molecular weight is 271 g/mol. The van der Waals surface area contributed by atoms with Gasteiger partial charge in [-0.25, -0.2) is 0 Å². The predicted molar refractivity (Wildman–Crippen MR) is 79.9 cm³/mol. The van der Waals surface area contributed by atoms with Gasteiger partial charge in [-0.15, -0.1) is 0 Å². The number of benzene rings is 1. The van der Waals surface area contributed by atoms with Crippen LogP contribution in [0.3, 0.4) is 0 Å². The van der Waals surface area contributed by atoms with Crippen molar-refractivity contribution in [3.63, 3.8) is 0 Å². The summed E-state index contributed by atoms with van der Waals surface area (Å²) in [5.41, 5.74) is 2.39. The highest BCUT2D eigenvalue weighted by Gasteiger charge is 2.19. The lowest BCUT2D eigenvalue weighted by Gasteiger charge is -2.26. The monoisotopic (exact) mass is 271 g/mol. The molecule has 1 aromatic heterocycles. The van der Waals surface area contributed by atoms with Gasteiger partial charge in [-0.3, -0.25) is 4.79 Å². The van der Waals surface area contributed by atoms with E-state index in [4.69, 9.17) is 5.11 Å². The molecule has 1 unspecified atom stereocenters. The number of fused-ring (bicyclic) bond motifs is 1. The van der Waals surface area contributed by atoms with Gasteiger partial charge in [-0.2, -0.15) is 0 Å². The minimum Gasteiger partial charge on any atom is -0.481 e. The van der Waals surface area contributed by atoms with Crippen LogP contribution in [0.15, 0.2) is 30.5 Å². The molecule has 106 valence electrons. The molecule has 0 aliphatic heterocycles. The Morgan fingerprint density at radius 3 is 2.85 bits per heavy atom. The molecule has 1 aromatic carbocycles. The standard InChI is InChI=1S/C17H21NO2/c1-12(10-17(19)20)14-6-3-7-16-15(14)8-9-18(16)11-13-4-2-5-13/h3,6-9,12-13H,2,4-5,10-11H2,1H3,(H,19,20). The molecule has 20 heavy (non-hydrogen) atoms. The second kappa shape index (κ2) is 5.31. The van der Waals surface area contributed by atoms with Gasteiger partial charge in [0, 0.05) is 23.6 Å². The van der Waals surface area contributed by atoms with Crippen molar-refractivity contribution in [3.8, 4) is 0 Å². The number of aromatic nitrogens is 1. The van der Waals surface area contributed by atoms with E-state index in [-0.39, 0.29) is 12.3 Å². The summed E-state index contributed by atoms with van der Waals surface area (Å²) < 4.78 is 2.33. The first kappa shape index (κ1) is 13.2. The number of carboxylic acids is 1. The second-order valence-corrected chi connectivity index (χ2v) is 6.04. The zero-order valence-corrected chi connectivity index (χ0v) is 11.9. The molecule has 0 saturated heterocycles. The maximum Gasteiger partial charge on any atom is 0.303 e. The number of carboxylic acid groups (broad SMARTS) is 1. The van der Waals surface area contributed by atoms with Crippen LogP contribution in [0.2, 0.25) is 0 Å². The van der Waals surface area contributed by atoms with Gasteiger partial charge in [-0.05, 0) is 42.4 Å². The predicted octanol–water partition coefficient (Wildman–Crippen LogP) is 4.02. The second-order valence-electron chi connectivity index (χ2n) is 6.04. The Kier molecular flexibility index (Phi) is 3.51. The molecule has 2 aromatic rings. The van der Waals surface area contributed by atoms with Crippen LogP contribution in [0, 0.1) is 5.92 Å². The van der Waals surface area contributed by atoms with Crippen molar-refractivity contribution in [2.24, 2.45) is 5.92 Å². The lowest BCUT2D eigenvalue weighted by Crippen LogP contribution is -2.17. The fourth-order valence-electron chi connectivity index (χ4n) is 3.16. The molecule has 1 atom stereocenters. The summed E-state index contributed by atoms with van der Waals surface area (Å²) in [6, 6.07) is 8.39. The molecule has 3 heteroatoms. The summed E-state index contributed by atoms with van der Waals surface area (Å²) in [6.45, 7) is 3.09. The van der Waals surface area contributed by atoms with Crippen LogP contribution in [-0.4, -0.2) is 15.6 Å². The minimum absolute atomic E-state index is 0.0516. The van der Waals surface area contributed by atoms with E-state index in [1.165, 1.54) is 30.2 Å². The van der Waals surface area contributed by atoms with E-state index in [9.17, 15) is 4.79 Å². The molecule has 0 spiro atoms. The van der Waals surface area contributed by atoms with Gasteiger partial charge in [0.1, 0.15) is 0 Å². The van der Waals surface area contributed by atoms with Gasteiger partial charge >= 0.3 is 5.97 Å². The van der Waals surface area contributed by atoms with Crippen molar-refractivity contribution in [3.05, 3.63) is 36.0 Å². The van der Waals surface area contributed by atoms with Crippen molar-refractivity contribution >= 4 is 16.9 Å². The Labute approximate surface area is 119 Å². The maximum absolute atomic E-state index is 10.9. The molecular formula is C17H21NO2. The van der Waals surface area contributed by atoms with Crippen LogP contribution >= 0.6 is 0 Å². The zero-order valence-electron chi connectivity index (χ0n) is 11.9. The van der Waals surface area contributed by atoms with Gasteiger partial charge in [-0.1, -0.05) is 25.5 Å². The smallest absolute Gasteiger partial charge is 0.303 e. The third kappa shape index (κ3) is 2.45. The summed E-state index contributed by atoms with van der Waals surface area (Å²) in [6.07, 6.45) is 6.39. The summed E-state index contributed by atoms with van der Waals surface area (Å²) in [5, 5.41) is 10.2. The highest BCUT2D eigenvalue weighted by atomic mass is 16.4. The molecule has 3 rings (SSSR count). The van der Waals surface area contributed by atoms with Crippen molar-refractivity contribution in [1.29, 1.82) is 0 Å². The third-order valence-electron chi connectivity index (χ3n) is 4.54. The lowest BCUT2D eigenvalue weighted by atomic mass is 9.85. The van der Waals surface area contributed by atoms with E-state index in [0.717, 1.165) is 18.0 Å². The van der Waals surface area contributed by atoms with Crippen molar-refractivity contribution in [2.75, 3.05) is 0 Å². The van der Waals surface area contributed by atoms with Crippen molar-refractivity contribution in [1.82, 2.24) is 4.57 Å². The Balaban J connectivity index is 1.92. The average Bonchev–Trinajstić information content (AvgIpc) is 2.76. The van der Waals surface area contributed by atoms with Crippen LogP contribution in [0.5, 0.6) is 0 Å². The molecule has 1 fully saturated rings. The van der Waals surface area contributed by atoms with E-state index in [2.05, 4.69) is 29.0 Å². The van der Waals surface area contributed by atoms with Gasteiger partial charge in [0.15, 0.2) is 0 Å². The number of carbonyl (C=O) groups is 1. The topological polar surface area (TPSA) is 42.2 Å². The van der Waals surface area contributed by atoms with Gasteiger partial charge < -0.3 is 9.67 Å². The van der Waals surface area contributed by atoms with Crippen molar-refractivity contribution < 1.29 is 9.90 Å². The summed E-state index contributed by atoms with van der Waals surface area (Å²) in [5.74, 6) is 0.143. The van der Waals surface area contributed by atoms with Crippen LogP contribution in [0.25, 0.3) is 10.9 Å². The molecule has 1 aliphatic rings. The van der Waals surface area contributed by atoms with Crippen LogP contribution < -0.4 is 0 Å². The zero-order chi connectivity index (χ0) is 14.1. The molecule has 1 aliphatic carbocycles. The van der Waals surface area contributed by atoms with E-state index < -0.39 is 5.97 Å². The Bertz CT molecular complexity index is 625. The number of rotatable bonds is 5. The lowest BCUT2D eigenvalue weighted by molar-refractivity contribution is -0.137. The molecule has 1 saturated carbocycles. The maximum atomic E-state index is 10.9. The van der Waals surface area contributed by atoms with Crippen LogP contribution in [0.4, 0.5) is 0 Å². The molecular weight excluding hydrogens is 250 g/mol. The van der Waals surface area contributed by atoms with Gasteiger partial charge in [0.05, 0.1) is 6.42 Å². The van der Waals surface area contributed by atoms with Crippen LogP contribution in [0.1, 0.15) is 44.1 Å². The molecule has 1 N–H and O–H groups in total. The number of hydrogen-bond donors (Lipinski definition) is 1. The first-order chi connectivity index (χ1) is 9.65. The number of nitrogens with zero attached hydrogens (tertiary/aromatic N) is 1. The summed E-state index contributed by atoms with van der Waals surface area (Å²) in [7, 11) is 0. The van der Waals surface area contributed by atoms with E-state index in [0.29, 0.717) is 0 Å². The molecule has 3 nitrogen and oxygen atoms in total. The highest BCUT2D eigenvalue weighted by molar-refractivity contribution is 5.85. The van der Waals surface area contributed by atoms with E-state index in [1.807, 2.05) is 13.0 Å². The normalized spacial score (nSPS) is 17.1. The fraction of sp³-hybridized carbons (Fsp3) is 0.471. The third-order valence-corrected chi connectivity index (χ3v) is 4.54. The number of hydrogen-bond acceptors (Lipinski definition) is 1. The largest absolute Gasteiger partial charge is 0.481 e. The van der Waals surface area contributed by atoms with E-state index in [1.54, 1.807) is 0 Å². The first-order valence-electron chi connectivity index (χ1n) is 7.44. The molecule has 1 heterocycles. The Morgan fingerprint density at radius 2 is 2.20 bits per heavy atom. The first-order valence-corrected chi connectivity index (χ1v) is 7.44. The Morgan fingerprint density at radius 1 is 1.40 bits per heavy atom. The molecule has 0 bridgehead atoms. The minimum atomic E-state index is -0.733. The van der Waals surface area contributed by atoms with Gasteiger partial charge in [0.2, 0.25) is 0 Å². The van der Waals surface area contributed by atoms with E-state index >= 15 is 0 Å². The molecule has 0 radical (unpaired) electrons. The summed E-state index contributed by atoms with van der Waals surface area (Å²) in [4.78, 5) is 10.9. The summed E-state index contributed by atoms with van der Waals surface area (Å²) >= 11 is 0. The fourth-order valence-corrected chi connectivity index (χ4v) is 3.16. The van der Waals surface area contributed by atoms with Crippen LogP contribution in [-0.2, 0) is 11.3 Å². The number of aliphatic carboxylic acids is 1.